The zero-order valence-corrected chi connectivity index (χ0v) is 7.84. The van der Waals surface area contributed by atoms with Gasteiger partial charge in [-0.3, -0.25) is 0 Å². The van der Waals surface area contributed by atoms with Crippen molar-refractivity contribution in [3.05, 3.63) is 36.7 Å². The summed E-state index contributed by atoms with van der Waals surface area (Å²) < 4.78 is 5.34. The van der Waals surface area contributed by atoms with E-state index in [4.69, 9.17) is 4.74 Å². The maximum Gasteiger partial charge on any atom is 0.151 e. The molecule has 0 saturated heterocycles. The Hall–Kier alpha value is -1.64. The lowest BCUT2D eigenvalue weighted by atomic mass is 10.2. The van der Waals surface area contributed by atoms with E-state index in [1.165, 1.54) is 0 Å². The maximum atomic E-state index is 5.34. The van der Waals surface area contributed by atoms with E-state index in [-0.39, 0.29) is 6.10 Å². The van der Waals surface area contributed by atoms with E-state index in [2.05, 4.69) is 9.98 Å². The van der Waals surface area contributed by atoms with Crippen LogP contribution in [0.25, 0.3) is 0 Å². The van der Waals surface area contributed by atoms with E-state index in [9.17, 15) is 0 Å². The fourth-order valence-corrected chi connectivity index (χ4v) is 1.25. The van der Waals surface area contributed by atoms with Gasteiger partial charge in [-0.05, 0) is 31.1 Å². The van der Waals surface area contributed by atoms with E-state index in [0.717, 1.165) is 18.7 Å². The van der Waals surface area contributed by atoms with Crippen LogP contribution in [0.1, 0.15) is 12.8 Å². The van der Waals surface area contributed by atoms with Crippen LogP contribution in [0.15, 0.2) is 41.7 Å². The average Bonchev–Trinajstić information content (AvgIpc) is 2.29. The minimum atomic E-state index is 0.0991. The Kier molecular flexibility index (Phi) is 2.91. The first-order valence-electron chi connectivity index (χ1n) is 4.71. The third-order valence-electron chi connectivity index (χ3n) is 1.99. The van der Waals surface area contributed by atoms with Crippen molar-refractivity contribution in [3.63, 3.8) is 0 Å². The number of allylic oxidation sites excluding steroid dienone is 1. The number of hydrogen-bond acceptors (Lipinski definition) is 3. The minimum Gasteiger partial charge on any atom is -0.493 e. The SMILES string of the molecule is C1=CO[C@H](C=Nc2ccccn2)CC1. The monoisotopic (exact) mass is 188 g/mol. The topological polar surface area (TPSA) is 34.5 Å². The number of hydrogen-bond donors (Lipinski definition) is 0. The summed E-state index contributed by atoms with van der Waals surface area (Å²) in [4.78, 5) is 8.33. The van der Waals surface area contributed by atoms with Crippen molar-refractivity contribution in [3.8, 4) is 0 Å². The summed E-state index contributed by atoms with van der Waals surface area (Å²) in [5.74, 6) is 0.727. The van der Waals surface area contributed by atoms with Crippen LogP contribution in [0.3, 0.4) is 0 Å². The van der Waals surface area contributed by atoms with Crippen molar-refractivity contribution in [2.45, 2.75) is 18.9 Å². The molecule has 72 valence electrons. The summed E-state index contributed by atoms with van der Waals surface area (Å²) in [7, 11) is 0. The second-order valence-electron chi connectivity index (χ2n) is 3.09. The standard InChI is InChI=1S/C11H12N2O/c1-3-7-12-11(6-1)13-9-10-5-2-4-8-14-10/h1,3-4,6-10H,2,5H2/t10-/m0/s1. The van der Waals surface area contributed by atoms with Gasteiger partial charge in [-0.25, -0.2) is 9.98 Å². The number of aliphatic imine (C=N–C) groups is 1. The molecule has 0 fully saturated rings. The zero-order chi connectivity index (χ0) is 9.64. The van der Waals surface area contributed by atoms with E-state index in [0.29, 0.717) is 0 Å². The van der Waals surface area contributed by atoms with Gasteiger partial charge in [0, 0.05) is 12.4 Å². The Labute approximate surface area is 83.2 Å². The molecule has 3 heteroatoms. The highest BCUT2D eigenvalue weighted by Gasteiger charge is 2.06. The number of rotatable bonds is 2. The fraction of sp³-hybridized carbons (Fsp3) is 0.273. The van der Waals surface area contributed by atoms with Crippen molar-refractivity contribution in [2.24, 2.45) is 4.99 Å². The van der Waals surface area contributed by atoms with Gasteiger partial charge in [0.1, 0.15) is 6.10 Å². The van der Waals surface area contributed by atoms with E-state index < -0.39 is 0 Å². The molecule has 1 aliphatic rings. The van der Waals surface area contributed by atoms with Crippen LogP contribution in [-0.2, 0) is 4.74 Å². The first-order chi connectivity index (χ1) is 6.95. The Morgan fingerprint density at radius 3 is 3.21 bits per heavy atom. The van der Waals surface area contributed by atoms with Crippen LogP contribution in [0, 0.1) is 0 Å². The minimum absolute atomic E-state index is 0.0991. The third kappa shape index (κ3) is 2.42. The lowest BCUT2D eigenvalue weighted by molar-refractivity contribution is 0.185. The molecule has 1 aromatic rings. The first kappa shape index (κ1) is 8.94. The van der Waals surface area contributed by atoms with Crippen molar-refractivity contribution in [1.82, 2.24) is 4.98 Å². The van der Waals surface area contributed by atoms with Gasteiger partial charge in [0.05, 0.1) is 6.26 Å². The molecule has 0 N–H and O–H groups in total. The number of nitrogens with zero attached hydrogens (tertiary/aromatic N) is 2. The largest absolute Gasteiger partial charge is 0.493 e. The van der Waals surface area contributed by atoms with Crippen molar-refractivity contribution in [2.75, 3.05) is 0 Å². The quantitative estimate of drug-likeness (QED) is 0.668. The zero-order valence-electron chi connectivity index (χ0n) is 7.84. The van der Waals surface area contributed by atoms with Crippen LogP contribution in [0.4, 0.5) is 5.82 Å². The lowest BCUT2D eigenvalue weighted by Crippen LogP contribution is -2.13. The van der Waals surface area contributed by atoms with Gasteiger partial charge in [-0.2, -0.15) is 0 Å². The van der Waals surface area contributed by atoms with Gasteiger partial charge in [0.2, 0.25) is 0 Å². The van der Waals surface area contributed by atoms with Gasteiger partial charge in [0.25, 0.3) is 0 Å². The Morgan fingerprint density at radius 1 is 1.50 bits per heavy atom. The summed E-state index contributed by atoms with van der Waals surface area (Å²) in [5.41, 5.74) is 0. The molecular formula is C11H12N2O. The molecule has 1 atom stereocenters. The van der Waals surface area contributed by atoms with Gasteiger partial charge < -0.3 is 4.74 Å². The van der Waals surface area contributed by atoms with Crippen molar-refractivity contribution in [1.29, 1.82) is 0 Å². The molecular weight excluding hydrogens is 176 g/mol. The predicted octanol–water partition coefficient (Wildman–Crippen LogP) is 2.48. The van der Waals surface area contributed by atoms with Gasteiger partial charge in [-0.15, -0.1) is 0 Å². The van der Waals surface area contributed by atoms with Crippen molar-refractivity contribution < 1.29 is 4.74 Å². The molecule has 0 bridgehead atoms. The Morgan fingerprint density at radius 2 is 2.50 bits per heavy atom. The predicted molar refractivity (Wildman–Crippen MR) is 55.6 cm³/mol. The Bertz CT molecular complexity index is 332. The second-order valence-corrected chi connectivity index (χ2v) is 3.09. The Balaban J connectivity index is 1.97. The molecule has 0 saturated carbocycles. The summed E-state index contributed by atoms with van der Waals surface area (Å²) in [6, 6.07) is 5.66. The molecule has 0 aromatic carbocycles. The lowest BCUT2D eigenvalue weighted by Gasteiger charge is -2.14. The van der Waals surface area contributed by atoms with Gasteiger partial charge >= 0.3 is 0 Å². The van der Waals surface area contributed by atoms with Gasteiger partial charge in [0.15, 0.2) is 5.82 Å². The molecule has 0 unspecified atom stereocenters. The van der Waals surface area contributed by atoms with E-state index in [1.807, 2.05) is 30.5 Å². The van der Waals surface area contributed by atoms with E-state index in [1.54, 1.807) is 12.5 Å². The highest BCUT2D eigenvalue weighted by Crippen LogP contribution is 2.10. The van der Waals surface area contributed by atoms with Gasteiger partial charge in [-0.1, -0.05) is 6.07 Å². The molecule has 3 nitrogen and oxygen atoms in total. The molecule has 2 heterocycles. The van der Waals surface area contributed by atoms with Crippen molar-refractivity contribution >= 4 is 12.0 Å². The molecule has 0 radical (unpaired) electrons. The molecule has 0 spiro atoms. The highest BCUT2D eigenvalue weighted by atomic mass is 16.5. The van der Waals surface area contributed by atoms with Crippen LogP contribution in [0.5, 0.6) is 0 Å². The fourth-order valence-electron chi connectivity index (χ4n) is 1.25. The highest BCUT2D eigenvalue weighted by molar-refractivity contribution is 5.66. The molecule has 0 amide bonds. The van der Waals surface area contributed by atoms with E-state index >= 15 is 0 Å². The molecule has 1 aromatic heterocycles. The normalized spacial score (nSPS) is 21.0. The molecule has 1 aliphatic heterocycles. The van der Waals surface area contributed by atoms with Crippen LogP contribution < -0.4 is 0 Å². The number of aromatic nitrogens is 1. The molecule has 2 rings (SSSR count). The number of pyridine rings is 1. The summed E-state index contributed by atoms with van der Waals surface area (Å²) in [6.07, 6.45) is 9.44. The second kappa shape index (κ2) is 4.56. The molecule has 0 aliphatic carbocycles. The average molecular weight is 188 g/mol. The first-order valence-corrected chi connectivity index (χ1v) is 4.71. The number of ether oxygens (including phenoxy) is 1. The summed E-state index contributed by atoms with van der Waals surface area (Å²) >= 11 is 0. The maximum absolute atomic E-state index is 5.34. The smallest absolute Gasteiger partial charge is 0.151 e. The summed E-state index contributed by atoms with van der Waals surface area (Å²) in [6.45, 7) is 0. The summed E-state index contributed by atoms with van der Waals surface area (Å²) in [5, 5.41) is 0. The van der Waals surface area contributed by atoms with Crippen LogP contribution in [-0.4, -0.2) is 17.3 Å². The van der Waals surface area contributed by atoms with Crippen LogP contribution in [0.2, 0.25) is 0 Å². The third-order valence-corrected chi connectivity index (χ3v) is 1.99. The molecule has 14 heavy (non-hydrogen) atoms. The van der Waals surface area contributed by atoms with Crippen LogP contribution >= 0.6 is 0 Å².